The molecule has 0 aliphatic carbocycles. The van der Waals surface area contributed by atoms with Crippen LogP contribution in [0, 0.1) is 5.82 Å². The zero-order chi connectivity index (χ0) is 21.1. The fourth-order valence-electron chi connectivity index (χ4n) is 3.52. The van der Waals surface area contributed by atoms with E-state index in [1.54, 1.807) is 23.0 Å². The summed E-state index contributed by atoms with van der Waals surface area (Å²) in [5.74, 6) is 0.279. The van der Waals surface area contributed by atoms with Crippen molar-refractivity contribution in [3.63, 3.8) is 0 Å². The third-order valence-electron chi connectivity index (χ3n) is 4.89. The van der Waals surface area contributed by atoms with Crippen LogP contribution in [0.3, 0.4) is 0 Å². The summed E-state index contributed by atoms with van der Waals surface area (Å²) in [6, 6.07) is 21.5. The van der Waals surface area contributed by atoms with Gasteiger partial charge in [0.25, 0.3) is 0 Å². The second-order valence-electron chi connectivity index (χ2n) is 7.19. The summed E-state index contributed by atoms with van der Waals surface area (Å²) in [5.41, 5.74) is 2.64. The molecule has 0 unspecified atom stereocenters. The summed E-state index contributed by atoms with van der Waals surface area (Å²) in [5, 5.41) is 8.25. The largest absolute Gasteiger partial charge is 0.484 e. The van der Waals surface area contributed by atoms with Crippen molar-refractivity contribution in [3.8, 4) is 11.4 Å². The maximum absolute atomic E-state index is 13.2. The van der Waals surface area contributed by atoms with Crippen molar-refractivity contribution in [2.45, 2.75) is 26.0 Å². The first-order valence-corrected chi connectivity index (χ1v) is 9.74. The van der Waals surface area contributed by atoms with Crippen molar-refractivity contribution in [1.82, 2.24) is 15.1 Å². The van der Waals surface area contributed by atoms with Crippen molar-refractivity contribution < 1.29 is 13.9 Å². The number of rotatable bonds is 6. The number of benzene rings is 3. The number of carbonyl (C=O) groups is 1. The van der Waals surface area contributed by atoms with Crippen LogP contribution in [0.5, 0.6) is 5.75 Å². The van der Waals surface area contributed by atoms with E-state index in [2.05, 4.69) is 10.4 Å². The van der Waals surface area contributed by atoms with Crippen LogP contribution in [0.25, 0.3) is 16.6 Å². The highest BCUT2D eigenvalue weighted by Crippen LogP contribution is 2.29. The van der Waals surface area contributed by atoms with Gasteiger partial charge in [0, 0.05) is 12.3 Å². The smallest absolute Gasteiger partial charge is 0.217 e. The molecular formula is C24H22FN3O2. The van der Waals surface area contributed by atoms with E-state index in [1.807, 2.05) is 55.5 Å². The number of halogens is 1. The van der Waals surface area contributed by atoms with E-state index in [1.165, 1.54) is 19.1 Å². The minimum absolute atomic E-state index is 0.108. The molecule has 4 rings (SSSR count). The SMILES string of the molecule is CC(=O)N[C@@H](C)[C@@H](Oc1ccc2c(cnn2-c2ccc(F)cc2)c1)c1ccccc1. The molecule has 0 spiro atoms. The van der Waals surface area contributed by atoms with Crippen LogP contribution < -0.4 is 10.1 Å². The number of hydrogen-bond acceptors (Lipinski definition) is 3. The Kier molecular flexibility index (Phi) is 5.48. The zero-order valence-electron chi connectivity index (χ0n) is 16.7. The second kappa shape index (κ2) is 8.37. The summed E-state index contributed by atoms with van der Waals surface area (Å²) >= 11 is 0. The van der Waals surface area contributed by atoms with Gasteiger partial charge >= 0.3 is 0 Å². The first-order valence-electron chi connectivity index (χ1n) is 9.74. The molecule has 0 saturated carbocycles. The van der Waals surface area contributed by atoms with Gasteiger partial charge in [0.05, 0.1) is 23.4 Å². The van der Waals surface area contributed by atoms with Gasteiger partial charge in [-0.1, -0.05) is 30.3 Å². The Bertz CT molecular complexity index is 1160. The topological polar surface area (TPSA) is 56.1 Å². The van der Waals surface area contributed by atoms with E-state index in [-0.39, 0.29) is 23.9 Å². The molecule has 0 saturated heterocycles. The van der Waals surface area contributed by atoms with E-state index in [0.29, 0.717) is 5.75 Å². The average Bonchev–Trinajstić information content (AvgIpc) is 3.16. The third-order valence-corrected chi connectivity index (χ3v) is 4.89. The predicted octanol–water partition coefficient (Wildman–Crippen LogP) is 4.81. The molecule has 6 heteroatoms. The summed E-state index contributed by atoms with van der Waals surface area (Å²) < 4.78 is 21.3. The molecular weight excluding hydrogens is 381 g/mol. The molecule has 152 valence electrons. The lowest BCUT2D eigenvalue weighted by Crippen LogP contribution is -2.37. The molecule has 30 heavy (non-hydrogen) atoms. The third kappa shape index (κ3) is 4.17. The van der Waals surface area contributed by atoms with Crippen LogP contribution in [-0.4, -0.2) is 21.7 Å². The van der Waals surface area contributed by atoms with Gasteiger partial charge in [0.1, 0.15) is 17.7 Å². The summed E-state index contributed by atoms with van der Waals surface area (Å²) in [7, 11) is 0. The average molecular weight is 403 g/mol. The molecule has 5 nitrogen and oxygen atoms in total. The first-order chi connectivity index (χ1) is 14.5. The Morgan fingerprint density at radius 3 is 2.50 bits per heavy atom. The number of nitrogens with zero attached hydrogens (tertiary/aromatic N) is 2. The number of aromatic nitrogens is 2. The molecule has 1 heterocycles. The summed E-state index contributed by atoms with van der Waals surface area (Å²) in [6.45, 7) is 3.42. The lowest BCUT2D eigenvalue weighted by molar-refractivity contribution is -0.120. The maximum atomic E-state index is 13.2. The quantitative estimate of drug-likeness (QED) is 0.503. The summed E-state index contributed by atoms with van der Waals surface area (Å²) in [4.78, 5) is 11.6. The lowest BCUT2D eigenvalue weighted by atomic mass is 10.0. The van der Waals surface area contributed by atoms with Crippen molar-refractivity contribution in [2.75, 3.05) is 0 Å². The van der Waals surface area contributed by atoms with Crippen molar-refractivity contribution in [2.24, 2.45) is 0 Å². The first kappa shape index (κ1) is 19.6. The predicted molar refractivity (Wildman–Crippen MR) is 114 cm³/mol. The van der Waals surface area contributed by atoms with E-state index in [4.69, 9.17) is 4.74 Å². The van der Waals surface area contributed by atoms with E-state index >= 15 is 0 Å². The standard InChI is InChI=1S/C24H22FN3O2/c1-16(27-17(2)29)24(18-6-4-3-5-7-18)30-22-12-13-23-19(14-22)15-26-28(23)21-10-8-20(25)9-11-21/h3-16,24H,1-2H3,(H,27,29)/t16-,24+/m0/s1. The van der Waals surface area contributed by atoms with Gasteiger partial charge in [-0.3, -0.25) is 4.79 Å². The number of nitrogens with one attached hydrogen (secondary N) is 1. The Balaban J connectivity index is 1.64. The Morgan fingerprint density at radius 1 is 1.07 bits per heavy atom. The summed E-state index contributed by atoms with van der Waals surface area (Å²) in [6.07, 6.45) is 1.40. The number of carbonyl (C=O) groups excluding carboxylic acids is 1. The van der Waals surface area contributed by atoms with Gasteiger partial charge in [0.15, 0.2) is 0 Å². The van der Waals surface area contributed by atoms with Crippen molar-refractivity contribution >= 4 is 16.8 Å². The Labute approximate surface area is 174 Å². The van der Waals surface area contributed by atoms with Gasteiger partial charge in [-0.05, 0) is 55.0 Å². The highest BCUT2D eigenvalue weighted by molar-refractivity contribution is 5.81. The molecule has 0 bridgehead atoms. The molecule has 0 aliphatic rings. The molecule has 1 N–H and O–H groups in total. The number of fused-ring (bicyclic) bond motifs is 1. The molecule has 3 aromatic carbocycles. The van der Waals surface area contributed by atoms with E-state index in [0.717, 1.165) is 22.2 Å². The van der Waals surface area contributed by atoms with Gasteiger partial charge in [0.2, 0.25) is 5.91 Å². The highest BCUT2D eigenvalue weighted by atomic mass is 19.1. The van der Waals surface area contributed by atoms with Crippen LogP contribution in [0.15, 0.2) is 79.0 Å². The number of ether oxygens (including phenoxy) is 1. The fourth-order valence-corrected chi connectivity index (χ4v) is 3.52. The van der Waals surface area contributed by atoms with Crippen molar-refractivity contribution in [1.29, 1.82) is 0 Å². The van der Waals surface area contributed by atoms with Crippen LogP contribution in [0.2, 0.25) is 0 Å². The number of amides is 1. The van der Waals surface area contributed by atoms with Gasteiger partial charge < -0.3 is 10.1 Å². The van der Waals surface area contributed by atoms with E-state index in [9.17, 15) is 9.18 Å². The van der Waals surface area contributed by atoms with E-state index < -0.39 is 0 Å². The van der Waals surface area contributed by atoms with Crippen LogP contribution in [-0.2, 0) is 4.79 Å². The molecule has 2 atom stereocenters. The van der Waals surface area contributed by atoms with Gasteiger partial charge in [-0.15, -0.1) is 0 Å². The van der Waals surface area contributed by atoms with Crippen LogP contribution >= 0.6 is 0 Å². The minimum Gasteiger partial charge on any atom is -0.484 e. The fraction of sp³-hybridized carbons (Fsp3) is 0.167. The maximum Gasteiger partial charge on any atom is 0.217 e. The van der Waals surface area contributed by atoms with Gasteiger partial charge in [-0.25, -0.2) is 9.07 Å². The Hall–Kier alpha value is -3.67. The Morgan fingerprint density at radius 2 is 1.80 bits per heavy atom. The second-order valence-corrected chi connectivity index (χ2v) is 7.19. The molecule has 0 fully saturated rings. The molecule has 0 aliphatic heterocycles. The molecule has 1 aromatic heterocycles. The normalized spacial score (nSPS) is 13.0. The van der Waals surface area contributed by atoms with Crippen molar-refractivity contribution in [3.05, 3.63) is 90.4 Å². The van der Waals surface area contributed by atoms with Crippen LogP contribution in [0.4, 0.5) is 4.39 Å². The molecule has 0 radical (unpaired) electrons. The minimum atomic E-state index is -0.348. The molecule has 4 aromatic rings. The highest BCUT2D eigenvalue weighted by Gasteiger charge is 2.22. The zero-order valence-corrected chi connectivity index (χ0v) is 16.7. The monoisotopic (exact) mass is 403 g/mol. The number of hydrogen-bond donors (Lipinski definition) is 1. The van der Waals surface area contributed by atoms with Gasteiger partial charge in [-0.2, -0.15) is 5.10 Å². The molecule has 1 amide bonds. The van der Waals surface area contributed by atoms with Crippen LogP contribution in [0.1, 0.15) is 25.5 Å². The lowest BCUT2D eigenvalue weighted by Gasteiger charge is -2.26.